The smallest absolute Gasteiger partial charge is 0.328 e. The van der Waals surface area contributed by atoms with Crippen LogP contribution in [0.15, 0.2) is 48.3 Å². The summed E-state index contributed by atoms with van der Waals surface area (Å²) >= 11 is 5.95. The molecule has 14 heteroatoms. The monoisotopic (exact) mass is 574 g/mol. The molecule has 2 rings (SSSR count). The summed E-state index contributed by atoms with van der Waals surface area (Å²) in [6.07, 6.45) is 0.970. The maximum atomic E-state index is 12.9. The number of aromatic nitrogens is 2. The van der Waals surface area contributed by atoms with Gasteiger partial charge in [0.05, 0.1) is 19.8 Å². The highest BCUT2D eigenvalue weighted by molar-refractivity contribution is 6.29. The molecule has 40 heavy (non-hydrogen) atoms. The Kier molecular flexibility index (Phi) is 13.0. The fourth-order valence-corrected chi connectivity index (χ4v) is 3.40. The largest absolute Gasteiger partial charge is 0.466 e. The van der Waals surface area contributed by atoms with E-state index in [2.05, 4.69) is 31.2 Å². The summed E-state index contributed by atoms with van der Waals surface area (Å²) in [5.41, 5.74) is 0.589. The maximum absolute atomic E-state index is 12.9. The zero-order valence-corrected chi connectivity index (χ0v) is 23.0. The summed E-state index contributed by atoms with van der Waals surface area (Å²) in [5, 5.41) is 10.2. The van der Waals surface area contributed by atoms with Gasteiger partial charge in [0, 0.05) is 23.9 Å². The van der Waals surface area contributed by atoms with Crippen molar-refractivity contribution in [3.05, 3.63) is 64.7 Å². The topological polar surface area (TPSA) is 178 Å². The van der Waals surface area contributed by atoms with Crippen LogP contribution in [-0.2, 0) is 28.7 Å². The summed E-state index contributed by atoms with van der Waals surface area (Å²) in [4.78, 5) is 70.3. The molecule has 0 radical (unpaired) electrons. The lowest BCUT2D eigenvalue weighted by Crippen LogP contribution is -2.47. The van der Waals surface area contributed by atoms with Crippen molar-refractivity contribution in [1.29, 1.82) is 0 Å². The van der Waals surface area contributed by atoms with Gasteiger partial charge in [-0.2, -0.15) is 0 Å². The number of nitrogens with zero attached hydrogens (tertiary/aromatic N) is 2. The molecule has 0 aliphatic carbocycles. The third-order valence-electron chi connectivity index (χ3n) is 4.96. The molecule has 0 unspecified atom stereocenters. The molecule has 0 aliphatic heterocycles. The Morgan fingerprint density at radius 1 is 1.02 bits per heavy atom. The highest BCUT2D eigenvalue weighted by atomic mass is 35.5. The number of rotatable bonds is 14. The van der Waals surface area contributed by atoms with Crippen LogP contribution in [0.4, 0.5) is 5.95 Å². The van der Waals surface area contributed by atoms with Crippen LogP contribution in [0.25, 0.3) is 0 Å². The number of hydrogen-bond acceptors (Lipinski definition) is 10. The number of benzene rings is 1. The lowest BCUT2D eigenvalue weighted by molar-refractivity contribution is -0.148. The first kappa shape index (κ1) is 31.7. The van der Waals surface area contributed by atoms with Gasteiger partial charge in [0.1, 0.15) is 16.9 Å². The standard InChI is InChI=1S/C26H31ClN6O7/c1-4-39-22(35)12-11-18(25(38)40-5-2)31-21(34)15-28-24(37)19(32-23(36)17-9-7-6-8-10-17)14-29-26-30-16(3)13-20(27)33-26/h6-10,13-14,18H,4-5,11-12,15H2,1-3H3,(H,28,37)(H,31,34)(H,32,36)(H,29,30,33)/b19-14-/t18-/m0/s1. The van der Waals surface area contributed by atoms with Gasteiger partial charge in [0.25, 0.3) is 11.8 Å². The summed E-state index contributed by atoms with van der Waals surface area (Å²) < 4.78 is 9.81. The molecule has 2 aromatic rings. The van der Waals surface area contributed by atoms with Crippen molar-refractivity contribution < 1.29 is 33.4 Å². The zero-order chi connectivity index (χ0) is 29.5. The van der Waals surface area contributed by atoms with E-state index in [-0.39, 0.29) is 48.4 Å². The predicted octanol–water partition coefficient (Wildman–Crippen LogP) is 1.63. The molecule has 13 nitrogen and oxygen atoms in total. The van der Waals surface area contributed by atoms with E-state index < -0.39 is 42.2 Å². The van der Waals surface area contributed by atoms with Crippen LogP contribution in [0, 0.1) is 6.92 Å². The fourth-order valence-electron chi connectivity index (χ4n) is 3.16. The Morgan fingerprint density at radius 2 is 1.73 bits per heavy atom. The molecule has 1 aromatic heterocycles. The first-order chi connectivity index (χ1) is 19.1. The van der Waals surface area contributed by atoms with Crippen molar-refractivity contribution in [2.75, 3.05) is 25.1 Å². The average molecular weight is 575 g/mol. The number of carbonyl (C=O) groups excluding carboxylic acids is 5. The van der Waals surface area contributed by atoms with Crippen LogP contribution in [0.2, 0.25) is 5.15 Å². The lowest BCUT2D eigenvalue weighted by Gasteiger charge is -2.17. The van der Waals surface area contributed by atoms with Crippen LogP contribution >= 0.6 is 11.6 Å². The molecule has 4 N–H and O–H groups in total. The van der Waals surface area contributed by atoms with Gasteiger partial charge < -0.3 is 30.7 Å². The average Bonchev–Trinajstić information content (AvgIpc) is 2.92. The number of nitrogens with one attached hydrogen (secondary N) is 4. The minimum atomic E-state index is -1.13. The summed E-state index contributed by atoms with van der Waals surface area (Å²) in [6, 6.07) is 8.57. The number of amides is 3. The van der Waals surface area contributed by atoms with Gasteiger partial charge in [0.2, 0.25) is 11.9 Å². The third-order valence-corrected chi connectivity index (χ3v) is 5.15. The van der Waals surface area contributed by atoms with Gasteiger partial charge >= 0.3 is 11.9 Å². The van der Waals surface area contributed by atoms with Crippen LogP contribution in [0.1, 0.15) is 42.7 Å². The first-order valence-electron chi connectivity index (χ1n) is 12.4. The van der Waals surface area contributed by atoms with Crippen LogP contribution in [-0.4, -0.2) is 65.4 Å². The molecule has 1 heterocycles. The van der Waals surface area contributed by atoms with Crippen LogP contribution < -0.4 is 21.3 Å². The number of hydrogen-bond donors (Lipinski definition) is 4. The van der Waals surface area contributed by atoms with Gasteiger partial charge in [-0.15, -0.1) is 0 Å². The minimum absolute atomic E-state index is 0.0569. The second-order valence-electron chi connectivity index (χ2n) is 8.08. The van der Waals surface area contributed by atoms with Crippen molar-refractivity contribution in [3.8, 4) is 0 Å². The summed E-state index contributed by atoms with van der Waals surface area (Å²) in [6.45, 7) is 4.63. The van der Waals surface area contributed by atoms with Gasteiger partial charge in [-0.3, -0.25) is 19.2 Å². The van der Waals surface area contributed by atoms with Gasteiger partial charge in [-0.25, -0.2) is 14.8 Å². The Balaban J connectivity index is 2.11. The quantitative estimate of drug-likeness (QED) is 0.147. The van der Waals surface area contributed by atoms with Crippen LogP contribution in [0.3, 0.4) is 0 Å². The summed E-state index contributed by atoms with van der Waals surface area (Å²) in [5.74, 6) is -3.34. The Labute approximate surface area is 236 Å². The minimum Gasteiger partial charge on any atom is -0.466 e. The van der Waals surface area contributed by atoms with E-state index in [0.29, 0.717) is 5.69 Å². The van der Waals surface area contributed by atoms with Gasteiger partial charge in [-0.05, 0) is 45.4 Å². The normalized spacial score (nSPS) is 11.6. The molecule has 0 fully saturated rings. The van der Waals surface area contributed by atoms with Crippen molar-refractivity contribution in [2.24, 2.45) is 0 Å². The van der Waals surface area contributed by atoms with Crippen molar-refractivity contribution in [1.82, 2.24) is 25.9 Å². The molecule has 0 bridgehead atoms. The van der Waals surface area contributed by atoms with E-state index in [0.717, 1.165) is 6.20 Å². The van der Waals surface area contributed by atoms with Crippen molar-refractivity contribution >= 4 is 47.2 Å². The number of carbonyl (C=O) groups is 5. The van der Waals surface area contributed by atoms with Crippen LogP contribution in [0.5, 0.6) is 0 Å². The first-order valence-corrected chi connectivity index (χ1v) is 12.7. The Bertz CT molecular complexity index is 1220. The predicted molar refractivity (Wildman–Crippen MR) is 145 cm³/mol. The molecule has 0 saturated heterocycles. The van der Waals surface area contributed by atoms with E-state index in [4.69, 9.17) is 21.1 Å². The summed E-state index contributed by atoms with van der Waals surface area (Å²) in [7, 11) is 0. The zero-order valence-electron chi connectivity index (χ0n) is 22.3. The molecule has 214 valence electrons. The molecule has 1 atom stereocenters. The number of aryl methyl sites for hydroxylation is 1. The number of esters is 2. The number of anilines is 1. The second-order valence-corrected chi connectivity index (χ2v) is 8.46. The van der Waals surface area contributed by atoms with E-state index in [1.54, 1.807) is 51.1 Å². The molecule has 0 spiro atoms. The molecular formula is C26H31ClN6O7. The maximum Gasteiger partial charge on any atom is 0.328 e. The highest BCUT2D eigenvalue weighted by Crippen LogP contribution is 2.10. The van der Waals surface area contributed by atoms with E-state index >= 15 is 0 Å². The van der Waals surface area contributed by atoms with Crippen molar-refractivity contribution in [3.63, 3.8) is 0 Å². The molecular weight excluding hydrogens is 544 g/mol. The van der Waals surface area contributed by atoms with E-state index in [1.165, 1.54) is 6.07 Å². The fraction of sp³-hybridized carbons (Fsp3) is 0.346. The van der Waals surface area contributed by atoms with E-state index in [9.17, 15) is 24.0 Å². The Hall–Kier alpha value is -4.52. The molecule has 1 aromatic carbocycles. The molecule has 0 aliphatic rings. The van der Waals surface area contributed by atoms with Crippen molar-refractivity contribution in [2.45, 2.75) is 39.7 Å². The van der Waals surface area contributed by atoms with E-state index in [1.807, 2.05) is 0 Å². The second kappa shape index (κ2) is 16.4. The SMILES string of the molecule is CCOC(=O)CC[C@H](NC(=O)CNC(=O)/C(=C/Nc1nc(C)cc(Cl)n1)NC(=O)c1ccccc1)C(=O)OCC. The highest BCUT2D eigenvalue weighted by Gasteiger charge is 2.24. The molecule has 3 amide bonds. The Morgan fingerprint density at radius 3 is 2.38 bits per heavy atom. The molecule has 0 saturated carbocycles. The van der Waals surface area contributed by atoms with Gasteiger partial charge in [0.15, 0.2) is 0 Å². The number of halogens is 1. The number of ether oxygens (including phenoxy) is 2. The van der Waals surface area contributed by atoms with Gasteiger partial charge in [-0.1, -0.05) is 29.8 Å². The third kappa shape index (κ3) is 11.1. The lowest BCUT2D eigenvalue weighted by atomic mass is 10.1.